The van der Waals surface area contributed by atoms with Crippen molar-refractivity contribution in [2.24, 2.45) is 0 Å². The molecule has 1 unspecified atom stereocenters. The third-order valence-corrected chi connectivity index (χ3v) is 2.12. The molecule has 0 saturated carbocycles. The molecule has 0 aliphatic heterocycles. The van der Waals surface area contributed by atoms with Gasteiger partial charge in [-0.15, -0.1) is 0 Å². The fraction of sp³-hybridized carbons (Fsp3) is 0.455. The second-order valence-corrected chi connectivity index (χ2v) is 3.56. The molecule has 0 spiro atoms. The van der Waals surface area contributed by atoms with Crippen LogP contribution in [-0.4, -0.2) is 22.9 Å². The number of rotatable bonds is 5. The van der Waals surface area contributed by atoms with Crippen molar-refractivity contribution in [3.8, 4) is 5.75 Å². The zero-order valence-electron chi connectivity index (χ0n) is 8.70. The van der Waals surface area contributed by atoms with Gasteiger partial charge >= 0.3 is 0 Å². The van der Waals surface area contributed by atoms with Crippen molar-refractivity contribution < 1.29 is 14.6 Å². The largest absolute Gasteiger partial charge is 0.505 e. The molecular formula is C11H16FNO2. The first-order valence-corrected chi connectivity index (χ1v) is 4.96. The Kier molecular flexibility index (Phi) is 4.52. The summed E-state index contributed by atoms with van der Waals surface area (Å²) in [5.41, 5.74) is 0.528. The average Bonchev–Trinajstić information content (AvgIpc) is 2.18. The lowest BCUT2D eigenvalue weighted by Gasteiger charge is -2.08. The molecule has 84 valence electrons. The van der Waals surface area contributed by atoms with E-state index in [1.54, 1.807) is 19.1 Å². The lowest BCUT2D eigenvalue weighted by molar-refractivity contribution is 0.183. The van der Waals surface area contributed by atoms with E-state index < -0.39 is 5.82 Å². The van der Waals surface area contributed by atoms with Gasteiger partial charge in [0.1, 0.15) is 0 Å². The van der Waals surface area contributed by atoms with Crippen molar-refractivity contribution in [1.29, 1.82) is 0 Å². The highest BCUT2D eigenvalue weighted by Crippen LogP contribution is 2.20. The van der Waals surface area contributed by atoms with Crippen LogP contribution >= 0.6 is 0 Å². The average molecular weight is 213 g/mol. The zero-order chi connectivity index (χ0) is 11.3. The molecule has 3 nitrogen and oxygen atoms in total. The number of nitrogens with one attached hydrogen (secondary N) is 1. The number of benzene rings is 1. The Morgan fingerprint density at radius 3 is 2.87 bits per heavy atom. The van der Waals surface area contributed by atoms with E-state index >= 15 is 0 Å². The van der Waals surface area contributed by atoms with Crippen molar-refractivity contribution in [3.05, 3.63) is 29.6 Å². The zero-order valence-corrected chi connectivity index (χ0v) is 8.70. The standard InChI is InChI=1S/C11H16FNO2/c1-8(14)5-6-13-7-9-3-2-4-10(12)11(9)15/h2-4,8,13-15H,5-7H2,1H3. The summed E-state index contributed by atoms with van der Waals surface area (Å²) in [4.78, 5) is 0. The second-order valence-electron chi connectivity index (χ2n) is 3.56. The van der Waals surface area contributed by atoms with E-state index in [1.165, 1.54) is 6.07 Å². The normalized spacial score (nSPS) is 12.7. The minimum absolute atomic E-state index is 0.304. The molecule has 0 fully saturated rings. The molecule has 1 aromatic carbocycles. The summed E-state index contributed by atoms with van der Waals surface area (Å²) >= 11 is 0. The summed E-state index contributed by atoms with van der Waals surface area (Å²) in [6.07, 6.45) is 0.286. The summed E-state index contributed by atoms with van der Waals surface area (Å²) in [6.45, 7) is 2.74. The van der Waals surface area contributed by atoms with E-state index in [0.717, 1.165) is 0 Å². The van der Waals surface area contributed by atoms with Crippen LogP contribution in [0.25, 0.3) is 0 Å². The second kappa shape index (κ2) is 5.68. The van der Waals surface area contributed by atoms with Gasteiger partial charge in [0.2, 0.25) is 0 Å². The number of para-hydroxylation sites is 1. The molecule has 0 amide bonds. The van der Waals surface area contributed by atoms with Gasteiger partial charge in [-0.2, -0.15) is 0 Å². The highest BCUT2D eigenvalue weighted by molar-refractivity contribution is 5.33. The lowest BCUT2D eigenvalue weighted by atomic mass is 10.2. The topological polar surface area (TPSA) is 52.5 Å². The van der Waals surface area contributed by atoms with Crippen LogP contribution in [0.5, 0.6) is 5.75 Å². The molecular weight excluding hydrogens is 197 g/mol. The number of halogens is 1. The first-order valence-electron chi connectivity index (χ1n) is 4.96. The maximum absolute atomic E-state index is 12.9. The van der Waals surface area contributed by atoms with E-state index in [-0.39, 0.29) is 11.9 Å². The predicted octanol–water partition coefficient (Wildman–Crippen LogP) is 1.39. The first-order chi connectivity index (χ1) is 7.11. The molecule has 0 aliphatic rings. The van der Waals surface area contributed by atoms with Gasteiger partial charge in [0, 0.05) is 12.1 Å². The van der Waals surface area contributed by atoms with Gasteiger partial charge in [0.15, 0.2) is 11.6 Å². The van der Waals surface area contributed by atoms with E-state index in [2.05, 4.69) is 5.32 Å². The summed E-state index contributed by atoms with van der Waals surface area (Å²) in [5.74, 6) is -0.910. The predicted molar refractivity (Wildman–Crippen MR) is 56.1 cm³/mol. The Morgan fingerprint density at radius 1 is 1.47 bits per heavy atom. The van der Waals surface area contributed by atoms with Crippen LogP contribution in [0.15, 0.2) is 18.2 Å². The van der Waals surface area contributed by atoms with Crippen molar-refractivity contribution in [2.45, 2.75) is 26.0 Å². The number of hydrogen-bond acceptors (Lipinski definition) is 3. The van der Waals surface area contributed by atoms with Crippen molar-refractivity contribution >= 4 is 0 Å². The highest BCUT2D eigenvalue weighted by atomic mass is 19.1. The summed E-state index contributed by atoms with van der Waals surface area (Å²) in [7, 11) is 0. The Hall–Kier alpha value is -1.13. The first kappa shape index (κ1) is 11.9. The maximum atomic E-state index is 12.9. The van der Waals surface area contributed by atoms with Crippen molar-refractivity contribution in [2.75, 3.05) is 6.54 Å². The number of phenols is 1. The smallest absolute Gasteiger partial charge is 0.165 e. The Labute approximate surface area is 88.6 Å². The summed E-state index contributed by atoms with van der Waals surface area (Å²) < 4.78 is 12.9. The van der Waals surface area contributed by atoms with Crippen molar-refractivity contribution in [1.82, 2.24) is 5.32 Å². The van der Waals surface area contributed by atoms with Crippen LogP contribution in [0.1, 0.15) is 18.9 Å². The fourth-order valence-electron chi connectivity index (χ4n) is 1.24. The number of aliphatic hydroxyl groups is 1. The molecule has 1 aromatic rings. The van der Waals surface area contributed by atoms with Crippen LogP contribution in [0, 0.1) is 5.82 Å². The third kappa shape index (κ3) is 3.85. The molecule has 15 heavy (non-hydrogen) atoms. The molecule has 0 heterocycles. The van der Waals surface area contributed by atoms with Crippen LogP contribution in [0.4, 0.5) is 4.39 Å². The lowest BCUT2D eigenvalue weighted by Crippen LogP contribution is -2.18. The van der Waals surface area contributed by atoms with E-state index in [0.29, 0.717) is 25.1 Å². The molecule has 0 radical (unpaired) electrons. The Bertz CT molecular complexity index is 315. The van der Waals surface area contributed by atoms with Gasteiger partial charge in [-0.3, -0.25) is 0 Å². The Morgan fingerprint density at radius 2 is 2.20 bits per heavy atom. The van der Waals surface area contributed by atoms with Crippen LogP contribution in [0.3, 0.4) is 0 Å². The van der Waals surface area contributed by atoms with Gasteiger partial charge in [0.05, 0.1) is 6.10 Å². The third-order valence-electron chi connectivity index (χ3n) is 2.12. The molecule has 4 heteroatoms. The molecule has 1 rings (SSSR count). The minimum Gasteiger partial charge on any atom is -0.505 e. The summed E-state index contributed by atoms with van der Waals surface area (Å²) in [5, 5.41) is 21.4. The molecule has 0 aromatic heterocycles. The van der Waals surface area contributed by atoms with Gasteiger partial charge < -0.3 is 15.5 Å². The minimum atomic E-state index is -0.607. The maximum Gasteiger partial charge on any atom is 0.165 e. The van der Waals surface area contributed by atoms with E-state index in [4.69, 9.17) is 5.11 Å². The number of aromatic hydroxyl groups is 1. The number of phenolic OH excluding ortho intramolecular Hbond substituents is 1. The SMILES string of the molecule is CC(O)CCNCc1cccc(F)c1O. The van der Waals surface area contributed by atoms with Gasteiger partial charge in [0.25, 0.3) is 0 Å². The van der Waals surface area contributed by atoms with Crippen LogP contribution < -0.4 is 5.32 Å². The molecule has 0 saturated heterocycles. The molecule has 3 N–H and O–H groups in total. The fourth-order valence-corrected chi connectivity index (χ4v) is 1.24. The quantitative estimate of drug-likeness (QED) is 0.648. The summed E-state index contributed by atoms with van der Waals surface area (Å²) in [6, 6.07) is 4.43. The molecule has 0 aliphatic carbocycles. The van der Waals surface area contributed by atoms with Crippen LogP contribution in [-0.2, 0) is 6.54 Å². The number of hydrogen-bond donors (Lipinski definition) is 3. The van der Waals surface area contributed by atoms with E-state index in [9.17, 15) is 9.50 Å². The molecule has 0 bridgehead atoms. The number of aliphatic hydroxyl groups excluding tert-OH is 1. The highest BCUT2D eigenvalue weighted by Gasteiger charge is 2.05. The molecule has 1 atom stereocenters. The van der Waals surface area contributed by atoms with Gasteiger partial charge in [-0.05, 0) is 26.0 Å². The van der Waals surface area contributed by atoms with Gasteiger partial charge in [-0.1, -0.05) is 12.1 Å². The van der Waals surface area contributed by atoms with Crippen LogP contribution in [0.2, 0.25) is 0 Å². The van der Waals surface area contributed by atoms with E-state index in [1.807, 2.05) is 0 Å². The monoisotopic (exact) mass is 213 g/mol. The Balaban J connectivity index is 2.41. The van der Waals surface area contributed by atoms with Crippen molar-refractivity contribution in [3.63, 3.8) is 0 Å². The van der Waals surface area contributed by atoms with Gasteiger partial charge in [-0.25, -0.2) is 4.39 Å².